The normalized spacial score (nSPS) is 10.3. The minimum absolute atomic E-state index is 0.0870. The van der Waals surface area contributed by atoms with Crippen molar-refractivity contribution < 1.29 is 9.36 Å². The number of hydrogen-bond acceptors (Lipinski definition) is 2. The molecule has 0 bridgehead atoms. The molecule has 1 heterocycles. The first kappa shape index (κ1) is 13.2. The summed E-state index contributed by atoms with van der Waals surface area (Å²) in [5, 5.41) is 0. The summed E-state index contributed by atoms with van der Waals surface area (Å²) >= 11 is 0. The molecular formula is C18H15N2O+. The van der Waals surface area contributed by atoms with Gasteiger partial charge in [-0.05, 0) is 12.1 Å². The van der Waals surface area contributed by atoms with E-state index in [1.54, 1.807) is 12.4 Å². The summed E-state index contributed by atoms with van der Waals surface area (Å²) in [6.45, 7) is 0.302. The van der Waals surface area contributed by atoms with Gasteiger partial charge in [0, 0.05) is 11.1 Å². The van der Waals surface area contributed by atoms with Crippen LogP contribution in [0.5, 0.6) is 0 Å². The van der Waals surface area contributed by atoms with E-state index >= 15 is 0 Å². The summed E-state index contributed by atoms with van der Waals surface area (Å²) < 4.78 is 1.93. The second-order valence-corrected chi connectivity index (χ2v) is 4.74. The molecule has 3 aromatic rings. The SMILES string of the molecule is O=C(C[n+]1ccncc1-c1ccccc1)c1ccccc1. The van der Waals surface area contributed by atoms with Crippen molar-refractivity contribution in [2.45, 2.75) is 6.54 Å². The summed E-state index contributed by atoms with van der Waals surface area (Å²) in [5.74, 6) is 0.0870. The van der Waals surface area contributed by atoms with Gasteiger partial charge in [-0.15, -0.1) is 0 Å². The van der Waals surface area contributed by atoms with Gasteiger partial charge in [-0.1, -0.05) is 48.5 Å². The van der Waals surface area contributed by atoms with Crippen molar-refractivity contribution in [3.63, 3.8) is 0 Å². The smallest absolute Gasteiger partial charge is 0.231 e. The van der Waals surface area contributed by atoms with Crippen molar-refractivity contribution in [1.29, 1.82) is 0 Å². The molecule has 102 valence electrons. The van der Waals surface area contributed by atoms with Crippen molar-refractivity contribution in [2.75, 3.05) is 0 Å². The van der Waals surface area contributed by atoms with E-state index in [1.165, 1.54) is 0 Å². The van der Waals surface area contributed by atoms with Gasteiger partial charge in [-0.2, -0.15) is 4.57 Å². The van der Waals surface area contributed by atoms with Crippen LogP contribution in [-0.4, -0.2) is 10.8 Å². The molecule has 3 heteroatoms. The Morgan fingerprint density at radius 1 is 0.952 bits per heavy atom. The summed E-state index contributed by atoms with van der Waals surface area (Å²) in [7, 11) is 0. The molecule has 0 aliphatic rings. The molecule has 1 aromatic heterocycles. The van der Waals surface area contributed by atoms with Crippen LogP contribution in [0.25, 0.3) is 11.3 Å². The van der Waals surface area contributed by atoms with E-state index in [0.29, 0.717) is 6.54 Å². The fraction of sp³-hybridized carbons (Fsp3) is 0.0556. The zero-order chi connectivity index (χ0) is 14.5. The van der Waals surface area contributed by atoms with Crippen LogP contribution in [0.15, 0.2) is 79.3 Å². The van der Waals surface area contributed by atoms with Crippen molar-refractivity contribution >= 4 is 5.78 Å². The Labute approximate surface area is 123 Å². The highest BCUT2D eigenvalue weighted by Gasteiger charge is 2.17. The number of carbonyl (C=O) groups excluding carboxylic acids is 1. The number of benzene rings is 2. The molecule has 0 radical (unpaired) electrons. The molecule has 21 heavy (non-hydrogen) atoms. The van der Waals surface area contributed by atoms with Crippen molar-refractivity contribution in [1.82, 2.24) is 4.98 Å². The molecule has 0 atom stereocenters. The lowest BCUT2D eigenvalue weighted by atomic mass is 10.1. The molecule has 0 aliphatic carbocycles. The first-order valence-corrected chi connectivity index (χ1v) is 6.82. The number of hydrogen-bond donors (Lipinski definition) is 0. The molecular weight excluding hydrogens is 260 g/mol. The molecule has 0 aliphatic heterocycles. The number of aromatic nitrogens is 2. The minimum Gasteiger partial charge on any atom is -0.287 e. The zero-order valence-electron chi connectivity index (χ0n) is 11.5. The van der Waals surface area contributed by atoms with Crippen LogP contribution < -0.4 is 4.57 Å². The maximum absolute atomic E-state index is 12.4. The average Bonchev–Trinajstić information content (AvgIpc) is 2.57. The second kappa shape index (κ2) is 6.09. The molecule has 0 saturated carbocycles. The monoisotopic (exact) mass is 275 g/mol. The summed E-state index contributed by atoms with van der Waals surface area (Å²) in [6, 6.07) is 19.3. The number of rotatable bonds is 4. The number of nitrogens with zero attached hydrogens (tertiary/aromatic N) is 2. The Bertz CT molecular complexity index is 739. The Kier molecular flexibility index (Phi) is 3.83. The van der Waals surface area contributed by atoms with Crippen molar-refractivity contribution in [2.24, 2.45) is 0 Å². The van der Waals surface area contributed by atoms with Gasteiger partial charge < -0.3 is 0 Å². The molecule has 0 unspecified atom stereocenters. The second-order valence-electron chi connectivity index (χ2n) is 4.74. The first-order valence-electron chi connectivity index (χ1n) is 6.82. The Morgan fingerprint density at radius 2 is 1.62 bits per heavy atom. The van der Waals surface area contributed by atoms with Crippen LogP contribution in [0, 0.1) is 0 Å². The lowest BCUT2D eigenvalue weighted by Gasteiger charge is -2.03. The van der Waals surface area contributed by atoms with Crippen molar-refractivity contribution in [3.8, 4) is 11.3 Å². The standard InChI is InChI=1S/C18H15N2O/c21-18(16-9-5-2-6-10-16)14-20-12-11-19-13-17(20)15-7-3-1-4-8-15/h1-13H,14H2/q+1. The average molecular weight is 275 g/mol. The largest absolute Gasteiger partial charge is 0.287 e. The molecule has 0 amide bonds. The molecule has 0 N–H and O–H groups in total. The van der Waals surface area contributed by atoms with Crippen LogP contribution in [0.2, 0.25) is 0 Å². The van der Waals surface area contributed by atoms with E-state index in [9.17, 15) is 4.79 Å². The van der Waals surface area contributed by atoms with E-state index in [4.69, 9.17) is 0 Å². The zero-order valence-corrected chi connectivity index (χ0v) is 11.5. The third-order valence-electron chi connectivity index (χ3n) is 3.32. The molecule has 0 fully saturated rings. The number of carbonyl (C=O) groups is 1. The van der Waals surface area contributed by atoms with Gasteiger partial charge in [0.15, 0.2) is 6.20 Å². The summed E-state index contributed by atoms with van der Waals surface area (Å²) in [4.78, 5) is 16.5. The molecule has 2 aromatic carbocycles. The van der Waals surface area contributed by atoms with Crippen LogP contribution in [-0.2, 0) is 6.54 Å². The molecule has 0 saturated heterocycles. The van der Waals surface area contributed by atoms with Crippen LogP contribution >= 0.6 is 0 Å². The Balaban J connectivity index is 1.92. The molecule has 3 rings (SSSR count). The maximum atomic E-state index is 12.4. The van der Waals surface area contributed by atoms with Gasteiger partial charge >= 0.3 is 0 Å². The topological polar surface area (TPSA) is 33.8 Å². The minimum atomic E-state index is 0.0870. The Hall–Kier alpha value is -2.81. The quantitative estimate of drug-likeness (QED) is 0.542. The van der Waals surface area contributed by atoms with E-state index in [-0.39, 0.29) is 5.78 Å². The van der Waals surface area contributed by atoms with Gasteiger partial charge in [0.25, 0.3) is 0 Å². The van der Waals surface area contributed by atoms with E-state index in [2.05, 4.69) is 4.98 Å². The van der Waals surface area contributed by atoms with Gasteiger partial charge in [-0.25, -0.2) is 0 Å². The van der Waals surface area contributed by atoms with E-state index in [0.717, 1.165) is 16.8 Å². The highest BCUT2D eigenvalue weighted by Crippen LogP contribution is 2.13. The predicted octanol–water partition coefficient (Wildman–Crippen LogP) is 2.92. The van der Waals surface area contributed by atoms with E-state index in [1.807, 2.05) is 71.4 Å². The number of ketones is 1. The summed E-state index contributed by atoms with van der Waals surface area (Å²) in [5.41, 5.74) is 2.70. The highest BCUT2D eigenvalue weighted by molar-refractivity contribution is 5.95. The van der Waals surface area contributed by atoms with E-state index < -0.39 is 0 Å². The van der Waals surface area contributed by atoms with Gasteiger partial charge in [0.1, 0.15) is 0 Å². The lowest BCUT2D eigenvalue weighted by Crippen LogP contribution is -2.40. The van der Waals surface area contributed by atoms with Gasteiger partial charge in [0.05, 0.1) is 12.4 Å². The maximum Gasteiger partial charge on any atom is 0.231 e. The lowest BCUT2D eigenvalue weighted by molar-refractivity contribution is -0.672. The fourth-order valence-corrected chi connectivity index (χ4v) is 2.24. The Morgan fingerprint density at radius 3 is 2.33 bits per heavy atom. The molecule has 0 spiro atoms. The van der Waals surface area contributed by atoms with Gasteiger partial charge in [0.2, 0.25) is 18.0 Å². The highest BCUT2D eigenvalue weighted by atomic mass is 16.1. The van der Waals surface area contributed by atoms with Crippen LogP contribution in [0.3, 0.4) is 0 Å². The predicted molar refractivity (Wildman–Crippen MR) is 80.6 cm³/mol. The van der Waals surface area contributed by atoms with Crippen molar-refractivity contribution in [3.05, 3.63) is 84.8 Å². The number of Topliss-reactive ketones (excluding diaryl/α,β-unsaturated/α-hetero) is 1. The fourth-order valence-electron chi connectivity index (χ4n) is 2.24. The van der Waals surface area contributed by atoms with Gasteiger partial charge in [-0.3, -0.25) is 9.78 Å². The third kappa shape index (κ3) is 3.03. The summed E-state index contributed by atoms with van der Waals surface area (Å²) in [6.07, 6.45) is 5.32. The van der Waals surface area contributed by atoms with Crippen LogP contribution in [0.1, 0.15) is 10.4 Å². The third-order valence-corrected chi connectivity index (χ3v) is 3.32. The molecule has 3 nitrogen and oxygen atoms in total. The first-order chi connectivity index (χ1) is 10.3. The van der Waals surface area contributed by atoms with Crippen LogP contribution in [0.4, 0.5) is 0 Å².